The van der Waals surface area contributed by atoms with Crippen LogP contribution in [-0.4, -0.2) is 26.3 Å². The third-order valence-corrected chi connectivity index (χ3v) is 3.71. The average Bonchev–Trinajstić information content (AvgIpc) is 2.96. The van der Waals surface area contributed by atoms with E-state index in [2.05, 4.69) is 35.8 Å². The molecule has 2 aromatic heterocycles. The molecule has 0 amide bonds. The van der Waals surface area contributed by atoms with Crippen molar-refractivity contribution < 1.29 is 0 Å². The van der Waals surface area contributed by atoms with Gasteiger partial charge in [-0.2, -0.15) is 5.10 Å². The topological polar surface area (TPSA) is 72.5 Å². The van der Waals surface area contributed by atoms with Gasteiger partial charge in [-0.15, -0.1) is 0 Å². The van der Waals surface area contributed by atoms with E-state index < -0.39 is 0 Å². The van der Waals surface area contributed by atoms with Crippen LogP contribution < -0.4 is 5.73 Å². The third-order valence-electron chi connectivity index (χ3n) is 3.71. The van der Waals surface area contributed by atoms with Gasteiger partial charge in [0.25, 0.3) is 0 Å². The molecule has 0 saturated carbocycles. The fourth-order valence-electron chi connectivity index (χ4n) is 2.54. The highest BCUT2D eigenvalue weighted by Crippen LogP contribution is 2.27. The molecule has 0 aromatic carbocycles. The number of aromatic amines is 1. The maximum absolute atomic E-state index is 5.77. The number of imidazole rings is 1. The zero-order valence-electron chi connectivity index (χ0n) is 12.2. The van der Waals surface area contributed by atoms with Crippen LogP contribution in [0.3, 0.4) is 0 Å². The van der Waals surface area contributed by atoms with Gasteiger partial charge in [-0.3, -0.25) is 4.68 Å². The highest BCUT2D eigenvalue weighted by atomic mass is 15.3. The van der Waals surface area contributed by atoms with Crippen molar-refractivity contribution in [2.45, 2.75) is 46.6 Å². The third kappa shape index (κ3) is 2.42. The molecule has 0 aliphatic heterocycles. The number of hydrogen-bond donors (Lipinski definition) is 2. The van der Waals surface area contributed by atoms with E-state index in [0.29, 0.717) is 12.5 Å². The monoisotopic (exact) mass is 261 g/mol. The number of aryl methyl sites for hydroxylation is 2. The second-order valence-electron chi connectivity index (χ2n) is 4.88. The summed E-state index contributed by atoms with van der Waals surface area (Å²) >= 11 is 0. The van der Waals surface area contributed by atoms with Crippen LogP contribution >= 0.6 is 0 Å². The van der Waals surface area contributed by atoms with Crippen LogP contribution in [0, 0.1) is 13.8 Å². The van der Waals surface area contributed by atoms with Crippen LogP contribution in [0.25, 0.3) is 11.3 Å². The molecule has 2 heterocycles. The first-order chi connectivity index (χ1) is 9.12. The molecule has 0 saturated heterocycles. The van der Waals surface area contributed by atoms with Gasteiger partial charge in [0, 0.05) is 30.3 Å². The van der Waals surface area contributed by atoms with E-state index in [9.17, 15) is 0 Å². The molecule has 2 aromatic rings. The van der Waals surface area contributed by atoms with Crippen molar-refractivity contribution in [2.75, 3.05) is 6.54 Å². The predicted octanol–water partition coefficient (Wildman–Crippen LogP) is 2.36. The van der Waals surface area contributed by atoms with Gasteiger partial charge in [0.1, 0.15) is 5.82 Å². The van der Waals surface area contributed by atoms with Gasteiger partial charge in [0.15, 0.2) is 0 Å². The number of hydrogen-bond acceptors (Lipinski definition) is 3. The van der Waals surface area contributed by atoms with Gasteiger partial charge < -0.3 is 10.7 Å². The van der Waals surface area contributed by atoms with E-state index in [1.54, 1.807) is 0 Å². The van der Waals surface area contributed by atoms with E-state index in [0.717, 1.165) is 35.7 Å². The van der Waals surface area contributed by atoms with Crippen LogP contribution in [0.15, 0.2) is 6.20 Å². The Balaban J connectivity index is 2.40. The first-order valence-corrected chi connectivity index (χ1v) is 6.91. The summed E-state index contributed by atoms with van der Waals surface area (Å²) in [7, 11) is 0. The summed E-state index contributed by atoms with van der Waals surface area (Å²) in [6, 6.07) is 0. The molecule has 0 fully saturated rings. The summed E-state index contributed by atoms with van der Waals surface area (Å²) in [5.41, 5.74) is 10.2. The lowest BCUT2D eigenvalue weighted by molar-refractivity contribution is 0.634. The fourth-order valence-corrected chi connectivity index (χ4v) is 2.54. The lowest BCUT2D eigenvalue weighted by Crippen LogP contribution is -2.12. The molecule has 0 aliphatic rings. The predicted molar refractivity (Wildman–Crippen MR) is 77.0 cm³/mol. The first-order valence-electron chi connectivity index (χ1n) is 6.91. The fraction of sp³-hybridized carbons (Fsp3) is 0.571. The minimum absolute atomic E-state index is 0.301. The summed E-state index contributed by atoms with van der Waals surface area (Å²) in [5.74, 6) is 1.28. The maximum atomic E-state index is 5.77. The number of nitrogens with one attached hydrogen (secondary N) is 1. The number of nitrogens with zero attached hydrogens (tertiary/aromatic N) is 3. The summed E-state index contributed by atoms with van der Waals surface area (Å²) < 4.78 is 2.02. The van der Waals surface area contributed by atoms with Gasteiger partial charge in [0.05, 0.1) is 17.6 Å². The molecule has 19 heavy (non-hydrogen) atoms. The van der Waals surface area contributed by atoms with Crippen molar-refractivity contribution in [1.82, 2.24) is 19.7 Å². The zero-order chi connectivity index (χ0) is 14.0. The molecule has 104 valence electrons. The normalized spacial score (nSPS) is 12.9. The van der Waals surface area contributed by atoms with Crippen molar-refractivity contribution in [3.05, 3.63) is 23.4 Å². The Morgan fingerprint density at radius 2 is 2.11 bits per heavy atom. The Morgan fingerprint density at radius 1 is 1.37 bits per heavy atom. The van der Waals surface area contributed by atoms with E-state index in [1.807, 2.05) is 17.8 Å². The zero-order valence-corrected chi connectivity index (χ0v) is 12.2. The molecule has 1 unspecified atom stereocenters. The van der Waals surface area contributed by atoms with Gasteiger partial charge in [-0.1, -0.05) is 6.92 Å². The van der Waals surface area contributed by atoms with Crippen LogP contribution in [-0.2, 0) is 6.54 Å². The number of aromatic nitrogens is 4. The lowest BCUT2D eigenvalue weighted by atomic mass is 10.1. The highest BCUT2D eigenvalue weighted by molar-refractivity contribution is 5.64. The molecule has 0 aliphatic carbocycles. The molecular formula is C14H23N5. The number of rotatable bonds is 5. The minimum Gasteiger partial charge on any atom is -0.342 e. The Kier molecular flexibility index (Phi) is 4.04. The minimum atomic E-state index is 0.301. The molecule has 2 rings (SSSR count). The average molecular weight is 261 g/mol. The summed E-state index contributed by atoms with van der Waals surface area (Å²) in [6.45, 7) is 9.87. The van der Waals surface area contributed by atoms with E-state index >= 15 is 0 Å². The molecule has 5 nitrogen and oxygen atoms in total. The van der Waals surface area contributed by atoms with Gasteiger partial charge in [0.2, 0.25) is 0 Å². The molecule has 0 radical (unpaired) electrons. The van der Waals surface area contributed by atoms with Crippen molar-refractivity contribution in [2.24, 2.45) is 5.73 Å². The van der Waals surface area contributed by atoms with Gasteiger partial charge in [-0.25, -0.2) is 4.98 Å². The Hall–Kier alpha value is -1.62. The SMILES string of the molecule is CCC(CN)c1ncc(-c2c(C)nn(CC)c2C)[nH]1. The second kappa shape index (κ2) is 5.57. The second-order valence-corrected chi connectivity index (χ2v) is 4.88. The standard InChI is InChI=1S/C14H23N5/c1-5-11(7-15)14-16-8-12(17-14)13-9(3)18-19(6-2)10(13)4/h8,11H,5-7,15H2,1-4H3,(H,16,17). The Morgan fingerprint density at radius 3 is 2.63 bits per heavy atom. The van der Waals surface area contributed by atoms with Gasteiger partial charge in [-0.05, 0) is 27.2 Å². The summed E-state index contributed by atoms with van der Waals surface area (Å²) in [4.78, 5) is 7.89. The molecule has 1 atom stereocenters. The molecule has 3 N–H and O–H groups in total. The maximum Gasteiger partial charge on any atom is 0.110 e. The molecular weight excluding hydrogens is 238 g/mol. The van der Waals surface area contributed by atoms with Crippen molar-refractivity contribution in [1.29, 1.82) is 0 Å². The van der Waals surface area contributed by atoms with E-state index in [-0.39, 0.29) is 0 Å². The number of H-pyrrole nitrogens is 1. The summed E-state index contributed by atoms with van der Waals surface area (Å²) in [5, 5.41) is 4.54. The van der Waals surface area contributed by atoms with E-state index in [4.69, 9.17) is 5.73 Å². The number of nitrogens with two attached hydrogens (primary N) is 1. The van der Waals surface area contributed by atoms with Crippen LogP contribution in [0.1, 0.15) is 43.4 Å². The van der Waals surface area contributed by atoms with Crippen LogP contribution in [0.2, 0.25) is 0 Å². The summed E-state index contributed by atoms with van der Waals surface area (Å²) in [6.07, 6.45) is 2.89. The molecule has 5 heteroatoms. The Bertz CT molecular complexity index is 548. The van der Waals surface area contributed by atoms with Crippen molar-refractivity contribution in [3.63, 3.8) is 0 Å². The van der Waals surface area contributed by atoms with Gasteiger partial charge >= 0.3 is 0 Å². The Labute approximate surface area is 114 Å². The smallest absolute Gasteiger partial charge is 0.110 e. The van der Waals surface area contributed by atoms with Crippen molar-refractivity contribution in [3.8, 4) is 11.3 Å². The van der Waals surface area contributed by atoms with Crippen LogP contribution in [0.4, 0.5) is 0 Å². The largest absolute Gasteiger partial charge is 0.342 e. The first kappa shape index (κ1) is 13.8. The van der Waals surface area contributed by atoms with Crippen LogP contribution in [0.5, 0.6) is 0 Å². The molecule has 0 bridgehead atoms. The highest BCUT2D eigenvalue weighted by Gasteiger charge is 2.17. The molecule has 0 spiro atoms. The quantitative estimate of drug-likeness (QED) is 0.867. The van der Waals surface area contributed by atoms with E-state index in [1.165, 1.54) is 5.69 Å². The lowest BCUT2D eigenvalue weighted by Gasteiger charge is -2.08. The van der Waals surface area contributed by atoms with Crippen molar-refractivity contribution >= 4 is 0 Å².